The maximum Gasteiger partial charge on any atom is 0.112 e. The van der Waals surface area contributed by atoms with Crippen molar-refractivity contribution in [1.29, 1.82) is 0 Å². The molecule has 0 aliphatic heterocycles. The van der Waals surface area contributed by atoms with Gasteiger partial charge in [0.15, 0.2) is 0 Å². The molecular weight excluding hydrogens is 314 g/mol. The minimum atomic E-state index is 0.212. The van der Waals surface area contributed by atoms with E-state index in [0.717, 1.165) is 27.7 Å². The van der Waals surface area contributed by atoms with E-state index in [4.69, 9.17) is 11.6 Å². The number of hydrogen-bond donors (Lipinski definition) is 1. The van der Waals surface area contributed by atoms with Crippen LogP contribution < -0.4 is 5.32 Å². The van der Waals surface area contributed by atoms with Crippen LogP contribution in [0.1, 0.15) is 12.8 Å². The number of pyridine rings is 2. The highest BCUT2D eigenvalue weighted by molar-refractivity contribution is 9.10. The number of hydrogen-bond acceptors (Lipinski definition) is 3. The van der Waals surface area contributed by atoms with Crippen molar-refractivity contribution in [3.05, 3.63) is 29.0 Å². The van der Waals surface area contributed by atoms with Crippen LogP contribution in [0.4, 0.5) is 5.69 Å². The van der Waals surface area contributed by atoms with Gasteiger partial charge in [-0.3, -0.25) is 9.97 Å². The van der Waals surface area contributed by atoms with Crippen molar-refractivity contribution < 1.29 is 0 Å². The maximum absolute atomic E-state index is 6.30. The molecule has 2 aromatic rings. The van der Waals surface area contributed by atoms with E-state index in [1.807, 2.05) is 12.1 Å². The summed E-state index contributed by atoms with van der Waals surface area (Å²) >= 11 is 9.70. The number of rotatable bonds is 4. The molecule has 0 spiro atoms. The Hall–Kier alpha value is -0.870. The number of nitrogens with one attached hydrogen (secondary N) is 1. The van der Waals surface area contributed by atoms with Gasteiger partial charge in [-0.2, -0.15) is 0 Å². The van der Waals surface area contributed by atoms with Crippen LogP contribution in [0.2, 0.25) is 0 Å². The first-order valence-corrected chi connectivity index (χ1v) is 7.25. The molecule has 2 heterocycles. The van der Waals surface area contributed by atoms with Gasteiger partial charge in [-0.25, -0.2) is 0 Å². The Bertz CT molecular complexity index is 571. The number of fused-ring (bicyclic) bond motifs is 1. The first-order valence-electron chi connectivity index (χ1n) is 6.02. The van der Waals surface area contributed by atoms with Crippen LogP contribution in [0.15, 0.2) is 29.0 Å². The third-order valence-corrected chi connectivity index (χ3v) is 4.11. The van der Waals surface area contributed by atoms with Crippen molar-refractivity contribution in [2.45, 2.75) is 18.2 Å². The average molecular weight is 327 g/mol. The van der Waals surface area contributed by atoms with Crippen molar-refractivity contribution in [3.63, 3.8) is 0 Å². The lowest BCUT2D eigenvalue weighted by atomic mass is 10.2. The van der Waals surface area contributed by atoms with Gasteiger partial charge in [0.2, 0.25) is 0 Å². The number of nitrogens with zero attached hydrogens (tertiary/aromatic N) is 2. The van der Waals surface area contributed by atoms with Gasteiger partial charge < -0.3 is 5.32 Å². The molecule has 18 heavy (non-hydrogen) atoms. The largest absolute Gasteiger partial charge is 0.382 e. The molecule has 5 heteroatoms. The fourth-order valence-electron chi connectivity index (χ4n) is 1.98. The Morgan fingerprint density at radius 3 is 3.06 bits per heavy atom. The van der Waals surface area contributed by atoms with Crippen LogP contribution >= 0.6 is 27.5 Å². The Morgan fingerprint density at radius 2 is 2.28 bits per heavy atom. The monoisotopic (exact) mass is 325 g/mol. The standard InChI is InChI=1S/C13H13BrClN3/c14-9-5-12-13(18-6-9)11(3-4-16-12)17-7-10(15)8-1-2-8/h3-6,8,10H,1-2,7H2,(H,16,17). The van der Waals surface area contributed by atoms with Gasteiger partial charge in [0.25, 0.3) is 0 Å². The summed E-state index contributed by atoms with van der Waals surface area (Å²) in [7, 11) is 0. The number of halogens is 2. The molecule has 0 amide bonds. The van der Waals surface area contributed by atoms with Crippen molar-refractivity contribution in [2.75, 3.05) is 11.9 Å². The molecule has 1 N–H and O–H groups in total. The molecule has 94 valence electrons. The van der Waals surface area contributed by atoms with E-state index in [1.165, 1.54) is 12.8 Å². The second-order valence-corrected chi connectivity index (χ2v) is 6.09. The number of anilines is 1. The lowest BCUT2D eigenvalue weighted by molar-refractivity contribution is 0.771. The van der Waals surface area contributed by atoms with Gasteiger partial charge in [0.1, 0.15) is 5.52 Å². The first kappa shape index (κ1) is 12.2. The molecule has 1 atom stereocenters. The summed E-state index contributed by atoms with van der Waals surface area (Å²) < 4.78 is 0.938. The lowest BCUT2D eigenvalue weighted by Gasteiger charge is -2.12. The summed E-state index contributed by atoms with van der Waals surface area (Å²) in [5.74, 6) is 0.689. The molecule has 1 aliphatic carbocycles. The van der Waals surface area contributed by atoms with E-state index in [0.29, 0.717) is 5.92 Å². The number of alkyl halides is 1. The topological polar surface area (TPSA) is 37.8 Å². The van der Waals surface area contributed by atoms with Gasteiger partial charge in [-0.1, -0.05) is 0 Å². The third kappa shape index (κ3) is 2.59. The fourth-order valence-corrected chi connectivity index (χ4v) is 2.63. The summed E-state index contributed by atoms with van der Waals surface area (Å²) in [4.78, 5) is 8.72. The summed E-state index contributed by atoms with van der Waals surface area (Å²) in [6.45, 7) is 0.781. The predicted molar refractivity (Wildman–Crippen MR) is 78.1 cm³/mol. The maximum atomic E-state index is 6.30. The second kappa shape index (κ2) is 5.02. The highest BCUT2D eigenvalue weighted by atomic mass is 79.9. The molecule has 0 aromatic carbocycles. The molecule has 3 rings (SSSR count). The molecule has 0 saturated heterocycles. The highest BCUT2D eigenvalue weighted by Gasteiger charge is 2.29. The normalized spacial score (nSPS) is 16.8. The van der Waals surface area contributed by atoms with Crippen molar-refractivity contribution in [2.24, 2.45) is 5.92 Å². The summed E-state index contributed by atoms with van der Waals surface area (Å²) in [6, 6.07) is 3.91. The van der Waals surface area contributed by atoms with E-state index >= 15 is 0 Å². The molecule has 1 saturated carbocycles. The van der Waals surface area contributed by atoms with Crippen molar-refractivity contribution >= 4 is 44.3 Å². The van der Waals surface area contributed by atoms with Crippen LogP contribution in [-0.4, -0.2) is 21.9 Å². The molecule has 2 aromatic heterocycles. The number of aromatic nitrogens is 2. The van der Waals surface area contributed by atoms with E-state index < -0.39 is 0 Å². The molecule has 0 bridgehead atoms. The zero-order chi connectivity index (χ0) is 12.5. The molecule has 1 unspecified atom stereocenters. The zero-order valence-corrected chi connectivity index (χ0v) is 12.1. The van der Waals surface area contributed by atoms with E-state index in [-0.39, 0.29) is 5.38 Å². The first-order chi connectivity index (χ1) is 8.74. The molecule has 3 nitrogen and oxygen atoms in total. The smallest absolute Gasteiger partial charge is 0.112 e. The Labute approximate surface area is 119 Å². The van der Waals surface area contributed by atoms with Crippen molar-refractivity contribution in [3.8, 4) is 0 Å². The van der Waals surface area contributed by atoms with Crippen molar-refractivity contribution in [1.82, 2.24) is 9.97 Å². The Kier molecular flexibility index (Phi) is 3.39. The molecule has 1 aliphatic rings. The molecule has 1 fully saturated rings. The Balaban J connectivity index is 1.82. The summed E-state index contributed by atoms with van der Waals surface area (Å²) in [6.07, 6.45) is 6.10. The zero-order valence-electron chi connectivity index (χ0n) is 9.74. The van der Waals surface area contributed by atoms with Crippen LogP contribution in [0.3, 0.4) is 0 Å². The quantitative estimate of drug-likeness (QED) is 0.868. The van der Waals surface area contributed by atoms with Crippen LogP contribution in [0, 0.1) is 5.92 Å². The van der Waals surface area contributed by atoms with Crippen LogP contribution in [-0.2, 0) is 0 Å². The predicted octanol–water partition coefficient (Wildman–Crippen LogP) is 3.82. The minimum Gasteiger partial charge on any atom is -0.382 e. The molecule has 0 radical (unpaired) electrons. The second-order valence-electron chi connectivity index (χ2n) is 4.61. The average Bonchev–Trinajstić information content (AvgIpc) is 3.19. The Morgan fingerprint density at radius 1 is 1.44 bits per heavy atom. The summed E-state index contributed by atoms with van der Waals surface area (Å²) in [5.41, 5.74) is 2.77. The van der Waals surface area contributed by atoms with Gasteiger partial charge in [0, 0.05) is 23.4 Å². The van der Waals surface area contributed by atoms with E-state index in [1.54, 1.807) is 12.4 Å². The molecular formula is C13H13BrClN3. The fraction of sp³-hybridized carbons (Fsp3) is 0.385. The lowest BCUT2D eigenvalue weighted by Crippen LogP contribution is -2.16. The minimum absolute atomic E-state index is 0.212. The third-order valence-electron chi connectivity index (χ3n) is 3.17. The SMILES string of the molecule is ClC(CNc1ccnc2cc(Br)cnc12)C1CC1. The highest BCUT2D eigenvalue weighted by Crippen LogP contribution is 2.35. The van der Waals surface area contributed by atoms with Crippen LogP contribution in [0.25, 0.3) is 11.0 Å². The van der Waals surface area contributed by atoms with E-state index in [9.17, 15) is 0 Å². The van der Waals surface area contributed by atoms with Gasteiger partial charge >= 0.3 is 0 Å². The van der Waals surface area contributed by atoms with E-state index in [2.05, 4.69) is 31.2 Å². The van der Waals surface area contributed by atoms with Crippen LogP contribution in [0.5, 0.6) is 0 Å². The van der Waals surface area contributed by atoms with Gasteiger partial charge in [-0.15, -0.1) is 11.6 Å². The summed E-state index contributed by atoms with van der Waals surface area (Å²) in [5, 5.41) is 3.59. The van der Waals surface area contributed by atoms with Gasteiger partial charge in [0.05, 0.1) is 16.6 Å². The van der Waals surface area contributed by atoms with Gasteiger partial charge in [-0.05, 0) is 46.8 Å².